The summed E-state index contributed by atoms with van der Waals surface area (Å²) in [5, 5.41) is 0. The van der Waals surface area contributed by atoms with Gasteiger partial charge in [-0.2, -0.15) is 0 Å². The third-order valence-electron chi connectivity index (χ3n) is 4.19. The van der Waals surface area contributed by atoms with Crippen LogP contribution in [0.3, 0.4) is 0 Å². The first-order chi connectivity index (χ1) is 10.6. The molecule has 2 rings (SSSR count). The largest absolute Gasteiger partial charge is 0.380 e. The highest BCUT2D eigenvalue weighted by atomic mass is 16.5. The van der Waals surface area contributed by atoms with Gasteiger partial charge in [0.1, 0.15) is 0 Å². The Morgan fingerprint density at radius 1 is 1.41 bits per heavy atom. The quantitative estimate of drug-likeness (QED) is 0.772. The molecule has 1 heterocycles. The van der Waals surface area contributed by atoms with E-state index in [1.807, 2.05) is 19.1 Å². The van der Waals surface area contributed by atoms with Crippen LogP contribution in [0, 0.1) is 0 Å². The van der Waals surface area contributed by atoms with Crippen molar-refractivity contribution < 1.29 is 9.53 Å². The monoisotopic (exact) mass is 305 g/mol. The number of nitrogens with zero attached hydrogens (tertiary/aromatic N) is 2. The summed E-state index contributed by atoms with van der Waals surface area (Å²) < 4.78 is 5.44. The van der Waals surface area contributed by atoms with Crippen LogP contribution in [0.5, 0.6) is 0 Å². The molecule has 1 aliphatic rings. The first-order valence-corrected chi connectivity index (χ1v) is 8.03. The van der Waals surface area contributed by atoms with Crippen LogP contribution < -0.4 is 5.73 Å². The number of primary amides is 1. The summed E-state index contributed by atoms with van der Waals surface area (Å²) in [7, 11) is 0. The second-order valence-electron chi connectivity index (χ2n) is 5.88. The first kappa shape index (κ1) is 16.9. The second-order valence-corrected chi connectivity index (χ2v) is 5.88. The number of rotatable bonds is 7. The van der Waals surface area contributed by atoms with Crippen molar-refractivity contribution in [2.75, 3.05) is 39.4 Å². The van der Waals surface area contributed by atoms with E-state index in [4.69, 9.17) is 10.5 Å². The van der Waals surface area contributed by atoms with E-state index in [0.717, 1.165) is 51.5 Å². The molecule has 1 saturated heterocycles. The Labute approximate surface area is 133 Å². The van der Waals surface area contributed by atoms with E-state index >= 15 is 0 Å². The minimum absolute atomic E-state index is 0.365. The standard InChI is InChI=1S/C17H27N3O2/c1-3-22-10-9-20-8-7-19(12-14(20)2)13-15-5-4-6-16(11-15)17(18)21/h4-6,11,14H,3,7-10,12-13H2,1-2H3,(H2,18,21)/t14-/m1/s1. The number of hydrogen-bond acceptors (Lipinski definition) is 4. The molecule has 1 aliphatic heterocycles. The van der Waals surface area contributed by atoms with Gasteiger partial charge >= 0.3 is 0 Å². The summed E-state index contributed by atoms with van der Waals surface area (Å²) in [5.74, 6) is -0.365. The van der Waals surface area contributed by atoms with Crippen LogP contribution in [-0.4, -0.2) is 61.1 Å². The van der Waals surface area contributed by atoms with Crippen LogP contribution >= 0.6 is 0 Å². The second kappa shape index (κ2) is 8.27. The molecule has 1 aromatic carbocycles. The van der Waals surface area contributed by atoms with Gasteiger partial charge < -0.3 is 10.5 Å². The van der Waals surface area contributed by atoms with Gasteiger partial charge in [-0.25, -0.2) is 0 Å². The molecule has 0 unspecified atom stereocenters. The van der Waals surface area contributed by atoms with Crippen molar-refractivity contribution in [2.45, 2.75) is 26.4 Å². The lowest BCUT2D eigenvalue weighted by molar-refractivity contribution is 0.0466. The number of ether oxygens (including phenoxy) is 1. The highest BCUT2D eigenvalue weighted by Crippen LogP contribution is 2.14. The number of nitrogens with two attached hydrogens (primary N) is 1. The zero-order valence-corrected chi connectivity index (χ0v) is 13.6. The molecular formula is C17H27N3O2. The highest BCUT2D eigenvalue weighted by Gasteiger charge is 2.23. The lowest BCUT2D eigenvalue weighted by Crippen LogP contribution is -2.52. The predicted molar refractivity (Wildman–Crippen MR) is 87.8 cm³/mol. The molecule has 0 saturated carbocycles. The molecule has 5 nitrogen and oxygen atoms in total. The summed E-state index contributed by atoms with van der Waals surface area (Å²) in [5.41, 5.74) is 7.07. The number of hydrogen-bond donors (Lipinski definition) is 1. The maximum absolute atomic E-state index is 11.3. The summed E-state index contributed by atoms with van der Waals surface area (Å²) >= 11 is 0. The number of carbonyl (C=O) groups is 1. The Morgan fingerprint density at radius 3 is 2.91 bits per heavy atom. The van der Waals surface area contributed by atoms with Crippen molar-refractivity contribution in [2.24, 2.45) is 5.73 Å². The van der Waals surface area contributed by atoms with Crippen molar-refractivity contribution in [3.63, 3.8) is 0 Å². The van der Waals surface area contributed by atoms with E-state index in [-0.39, 0.29) is 5.91 Å². The fourth-order valence-electron chi connectivity index (χ4n) is 2.95. The fraction of sp³-hybridized carbons (Fsp3) is 0.588. The van der Waals surface area contributed by atoms with Gasteiger partial charge in [-0.15, -0.1) is 0 Å². The zero-order chi connectivity index (χ0) is 15.9. The molecule has 2 N–H and O–H groups in total. The van der Waals surface area contributed by atoms with E-state index in [1.54, 1.807) is 6.07 Å². The van der Waals surface area contributed by atoms with Gasteiger partial charge in [-0.1, -0.05) is 12.1 Å². The molecule has 1 fully saturated rings. The van der Waals surface area contributed by atoms with E-state index in [1.165, 1.54) is 0 Å². The summed E-state index contributed by atoms with van der Waals surface area (Å²) in [6, 6.07) is 8.14. The maximum atomic E-state index is 11.3. The lowest BCUT2D eigenvalue weighted by atomic mass is 10.1. The molecule has 1 atom stereocenters. The van der Waals surface area contributed by atoms with Crippen molar-refractivity contribution in [1.82, 2.24) is 9.80 Å². The van der Waals surface area contributed by atoms with Gasteiger partial charge in [0.15, 0.2) is 0 Å². The Bertz CT molecular complexity index is 493. The molecule has 22 heavy (non-hydrogen) atoms. The minimum atomic E-state index is -0.365. The maximum Gasteiger partial charge on any atom is 0.248 e. The Balaban J connectivity index is 1.85. The normalized spacial score (nSPS) is 20.2. The molecule has 0 radical (unpaired) electrons. The van der Waals surface area contributed by atoms with Crippen LogP contribution in [0.15, 0.2) is 24.3 Å². The van der Waals surface area contributed by atoms with Gasteiger partial charge in [0.2, 0.25) is 5.91 Å². The summed E-state index contributed by atoms with van der Waals surface area (Å²) in [4.78, 5) is 16.2. The average molecular weight is 305 g/mol. The van der Waals surface area contributed by atoms with Crippen molar-refractivity contribution in [3.05, 3.63) is 35.4 Å². The summed E-state index contributed by atoms with van der Waals surface area (Å²) in [6.07, 6.45) is 0. The zero-order valence-electron chi connectivity index (χ0n) is 13.6. The van der Waals surface area contributed by atoms with Crippen LogP contribution in [0.2, 0.25) is 0 Å². The molecule has 1 aromatic rings. The van der Waals surface area contributed by atoms with Crippen LogP contribution in [0.25, 0.3) is 0 Å². The smallest absolute Gasteiger partial charge is 0.248 e. The average Bonchev–Trinajstić information content (AvgIpc) is 2.50. The van der Waals surface area contributed by atoms with Crippen LogP contribution in [0.1, 0.15) is 29.8 Å². The summed E-state index contributed by atoms with van der Waals surface area (Å²) in [6.45, 7) is 10.9. The van der Waals surface area contributed by atoms with E-state index < -0.39 is 0 Å². The molecule has 0 spiro atoms. The third kappa shape index (κ3) is 4.80. The molecule has 1 amide bonds. The number of benzene rings is 1. The molecule has 0 aliphatic carbocycles. The predicted octanol–water partition coefficient (Wildman–Crippen LogP) is 1.33. The van der Waals surface area contributed by atoms with Gasteiger partial charge in [0.05, 0.1) is 6.61 Å². The van der Waals surface area contributed by atoms with Gasteiger partial charge in [-0.3, -0.25) is 14.6 Å². The van der Waals surface area contributed by atoms with Crippen molar-refractivity contribution in [3.8, 4) is 0 Å². The van der Waals surface area contributed by atoms with Gasteiger partial charge in [0, 0.05) is 50.9 Å². The number of amides is 1. The highest BCUT2D eigenvalue weighted by molar-refractivity contribution is 5.92. The minimum Gasteiger partial charge on any atom is -0.380 e. The Morgan fingerprint density at radius 2 is 2.23 bits per heavy atom. The fourth-order valence-corrected chi connectivity index (χ4v) is 2.95. The lowest BCUT2D eigenvalue weighted by Gasteiger charge is -2.39. The molecule has 0 bridgehead atoms. The molecule has 0 aromatic heterocycles. The van der Waals surface area contributed by atoms with Crippen molar-refractivity contribution in [1.29, 1.82) is 0 Å². The topological polar surface area (TPSA) is 58.8 Å². The SMILES string of the molecule is CCOCCN1CCN(Cc2cccc(C(N)=O)c2)C[C@H]1C. The van der Waals surface area contributed by atoms with E-state index in [9.17, 15) is 4.79 Å². The van der Waals surface area contributed by atoms with Crippen LogP contribution in [-0.2, 0) is 11.3 Å². The first-order valence-electron chi connectivity index (χ1n) is 8.03. The van der Waals surface area contributed by atoms with E-state index in [2.05, 4.69) is 22.8 Å². The molecule has 5 heteroatoms. The van der Waals surface area contributed by atoms with Crippen molar-refractivity contribution >= 4 is 5.91 Å². The van der Waals surface area contributed by atoms with Gasteiger partial charge in [0.25, 0.3) is 0 Å². The van der Waals surface area contributed by atoms with E-state index in [0.29, 0.717) is 11.6 Å². The number of piperazine rings is 1. The van der Waals surface area contributed by atoms with Crippen LogP contribution in [0.4, 0.5) is 0 Å². The molecular weight excluding hydrogens is 278 g/mol. The Kier molecular flexibility index (Phi) is 6.36. The molecule has 122 valence electrons. The number of carbonyl (C=O) groups excluding carboxylic acids is 1. The van der Waals surface area contributed by atoms with Gasteiger partial charge in [-0.05, 0) is 31.5 Å². The third-order valence-corrected chi connectivity index (χ3v) is 4.19. The Hall–Kier alpha value is -1.43.